The van der Waals surface area contributed by atoms with Gasteiger partial charge < -0.3 is 24.7 Å². The predicted octanol–water partition coefficient (Wildman–Crippen LogP) is 6.07. The standard InChI is InChI=1S/C34H39Cl2N7O4S/c1-19(43-48(45)34(2,3)4)31-33(47-6)42-26(18-39-31)24-12-8-10-22(30(24)36)21-9-7-11-23(29(21)35)25-17-38-27(32(41-25)46-5)16-37-15-20-13-14-28(44)40-20/h7-12,17-20,37,43H,13-16H2,1-6H3,(H,40,44)/t19?,20-,48?/m0/s1. The van der Waals surface area contributed by atoms with Crippen LogP contribution in [0.25, 0.3) is 33.6 Å². The number of carbonyl (C=O) groups excluding carboxylic acids is 1. The lowest BCUT2D eigenvalue weighted by Gasteiger charge is -2.26. The molecule has 2 unspecified atom stereocenters. The summed E-state index contributed by atoms with van der Waals surface area (Å²) in [5.41, 5.74) is 4.92. The third kappa shape index (κ3) is 8.02. The number of ether oxygens (including phenoxy) is 2. The van der Waals surface area contributed by atoms with Gasteiger partial charge in [0, 0.05) is 59.2 Å². The Morgan fingerprint density at radius 1 is 0.958 bits per heavy atom. The monoisotopic (exact) mass is 711 g/mol. The number of methoxy groups -OCH3 is 2. The first-order valence-electron chi connectivity index (χ1n) is 15.5. The smallest absolute Gasteiger partial charge is 0.237 e. The average Bonchev–Trinajstić information content (AvgIpc) is 3.49. The molecule has 0 aliphatic carbocycles. The van der Waals surface area contributed by atoms with Crippen molar-refractivity contribution in [2.75, 3.05) is 20.8 Å². The summed E-state index contributed by atoms with van der Waals surface area (Å²) >= 11 is 12.8. The van der Waals surface area contributed by atoms with Gasteiger partial charge in [-0.1, -0.05) is 59.6 Å². The molecule has 0 spiro atoms. The van der Waals surface area contributed by atoms with Crippen LogP contribution in [0.3, 0.4) is 0 Å². The Morgan fingerprint density at radius 2 is 1.52 bits per heavy atom. The fourth-order valence-electron chi connectivity index (χ4n) is 5.23. The zero-order valence-electron chi connectivity index (χ0n) is 27.7. The molecule has 14 heteroatoms. The summed E-state index contributed by atoms with van der Waals surface area (Å²) in [4.78, 5) is 30.1. The first-order valence-corrected chi connectivity index (χ1v) is 17.4. The summed E-state index contributed by atoms with van der Waals surface area (Å²) in [6.45, 7) is 8.61. The van der Waals surface area contributed by atoms with Crippen molar-refractivity contribution in [2.24, 2.45) is 0 Å². The van der Waals surface area contributed by atoms with Gasteiger partial charge in [-0.15, -0.1) is 4.72 Å². The average molecular weight is 713 g/mol. The van der Waals surface area contributed by atoms with Gasteiger partial charge in [-0.05, 0) is 34.1 Å². The van der Waals surface area contributed by atoms with Gasteiger partial charge >= 0.3 is 0 Å². The van der Waals surface area contributed by atoms with E-state index in [4.69, 9.17) is 42.6 Å². The van der Waals surface area contributed by atoms with E-state index in [1.807, 2.05) is 64.1 Å². The molecular weight excluding hydrogens is 673 g/mol. The maximum Gasteiger partial charge on any atom is 0.237 e. The van der Waals surface area contributed by atoms with E-state index in [9.17, 15) is 9.35 Å². The lowest BCUT2D eigenvalue weighted by molar-refractivity contribution is -0.119. The number of benzene rings is 2. The van der Waals surface area contributed by atoms with Crippen molar-refractivity contribution in [1.82, 2.24) is 35.3 Å². The Kier molecular flexibility index (Phi) is 11.4. The fourth-order valence-corrected chi connectivity index (χ4v) is 6.67. The van der Waals surface area contributed by atoms with Gasteiger partial charge in [0.05, 0.1) is 54.1 Å². The molecule has 1 fully saturated rings. The van der Waals surface area contributed by atoms with Crippen LogP contribution in [0.2, 0.25) is 10.0 Å². The number of hydrogen-bond donors (Lipinski definition) is 3. The number of nitrogens with one attached hydrogen (secondary N) is 3. The molecule has 2 aromatic carbocycles. The Morgan fingerprint density at radius 3 is 2.06 bits per heavy atom. The third-order valence-electron chi connectivity index (χ3n) is 7.82. The topological polar surface area (TPSA) is 146 Å². The number of amides is 1. The number of halogens is 2. The molecule has 3 atom stereocenters. The SMILES string of the molecule is COc1nc(-c2cccc(-c3cccc(-c4cnc(C(C)N[S+]([O-])C(C)(C)C)c(OC)n4)c3Cl)c2Cl)cnc1CNC[C@@H]1CCC(=O)N1. The highest BCUT2D eigenvalue weighted by Gasteiger charge is 2.30. The predicted molar refractivity (Wildman–Crippen MR) is 189 cm³/mol. The molecule has 2 aromatic heterocycles. The Hall–Kier alpha value is -3.52. The maximum absolute atomic E-state index is 12.7. The minimum Gasteiger partial charge on any atom is -0.598 e. The molecule has 11 nitrogen and oxygen atoms in total. The maximum atomic E-state index is 12.7. The number of hydrogen-bond acceptors (Lipinski definition) is 10. The quantitative estimate of drug-likeness (QED) is 0.148. The van der Waals surface area contributed by atoms with Crippen molar-refractivity contribution in [3.05, 3.63) is 70.2 Å². The minimum atomic E-state index is -1.31. The van der Waals surface area contributed by atoms with E-state index in [-0.39, 0.29) is 18.0 Å². The van der Waals surface area contributed by atoms with Gasteiger partial charge in [0.25, 0.3) is 0 Å². The fraction of sp³-hybridized carbons (Fsp3) is 0.382. The number of aromatic nitrogens is 4. The zero-order chi connectivity index (χ0) is 34.6. The molecule has 48 heavy (non-hydrogen) atoms. The molecule has 3 N–H and O–H groups in total. The lowest BCUT2D eigenvalue weighted by atomic mass is 9.98. The lowest BCUT2D eigenvalue weighted by Crippen LogP contribution is -2.40. The van der Waals surface area contributed by atoms with Gasteiger partial charge in [-0.2, -0.15) is 0 Å². The van der Waals surface area contributed by atoms with Crippen LogP contribution in [-0.4, -0.2) is 61.9 Å². The highest BCUT2D eigenvalue weighted by Crippen LogP contribution is 2.42. The highest BCUT2D eigenvalue weighted by atomic mass is 35.5. The molecule has 0 radical (unpaired) electrons. The molecule has 0 bridgehead atoms. The van der Waals surface area contributed by atoms with E-state index in [1.54, 1.807) is 19.5 Å². The highest BCUT2D eigenvalue weighted by molar-refractivity contribution is 7.90. The first kappa shape index (κ1) is 35.8. The molecule has 1 aliphatic rings. The van der Waals surface area contributed by atoms with Crippen molar-refractivity contribution in [3.63, 3.8) is 0 Å². The summed E-state index contributed by atoms with van der Waals surface area (Å²) in [5.74, 6) is 0.757. The molecule has 0 saturated carbocycles. The molecule has 3 heterocycles. The van der Waals surface area contributed by atoms with Gasteiger partial charge in [-0.25, -0.2) is 9.97 Å². The first-order chi connectivity index (χ1) is 22.9. The molecule has 4 aromatic rings. The van der Waals surface area contributed by atoms with Crippen molar-refractivity contribution in [2.45, 2.75) is 63.9 Å². The van der Waals surface area contributed by atoms with E-state index < -0.39 is 16.1 Å². The Labute approximate surface area is 293 Å². The van der Waals surface area contributed by atoms with Gasteiger partial charge in [0.1, 0.15) is 16.1 Å². The van der Waals surface area contributed by atoms with Crippen LogP contribution < -0.4 is 24.8 Å². The van der Waals surface area contributed by atoms with Crippen molar-refractivity contribution < 1.29 is 18.8 Å². The van der Waals surface area contributed by atoms with Crippen LogP contribution in [0.5, 0.6) is 11.8 Å². The second-order valence-corrected chi connectivity index (χ2v) is 15.1. The second-order valence-electron chi connectivity index (χ2n) is 12.3. The van der Waals surface area contributed by atoms with E-state index in [0.717, 1.165) is 6.42 Å². The Balaban J connectivity index is 1.40. The van der Waals surface area contributed by atoms with Gasteiger partial charge in [-0.3, -0.25) is 14.8 Å². The third-order valence-corrected chi connectivity index (χ3v) is 10.3. The summed E-state index contributed by atoms with van der Waals surface area (Å²) in [6, 6.07) is 11.0. The number of nitrogens with zero attached hydrogens (tertiary/aromatic N) is 4. The molecule has 5 rings (SSSR count). The van der Waals surface area contributed by atoms with E-state index >= 15 is 0 Å². The van der Waals surface area contributed by atoms with E-state index in [1.165, 1.54) is 7.11 Å². The summed E-state index contributed by atoms with van der Waals surface area (Å²) < 4.78 is 26.5. The van der Waals surface area contributed by atoms with Crippen LogP contribution in [0.4, 0.5) is 0 Å². The van der Waals surface area contributed by atoms with Crippen molar-refractivity contribution in [1.29, 1.82) is 0 Å². The number of carbonyl (C=O) groups is 1. The van der Waals surface area contributed by atoms with Gasteiger partial charge in [0.15, 0.2) is 0 Å². The number of rotatable bonds is 12. The molecular formula is C34H39Cl2N7O4S. The van der Waals surface area contributed by atoms with Crippen LogP contribution >= 0.6 is 23.2 Å². The zero-order valence-corrected chi connectivity index (χ0v) is 30.0. The van der Waals surface area contributed by atoms with Crippen LogP contribution in [0.1, 0.15) is 58.0 Å². The van der Waals surface area contributed by atoms with Gasteiger partial charge in [0.2, 0.25) is 17.7 Å². The summed E-state index contributed by atoms with van der Waals surface area (Å²) in [5, 5.41) is 7.15. The molecule has 254 valence electrons. The van der Waals surface area contributed by atoms with E-state index in [0.29, 0.717) is 86.3 Å². The normalized spacial score (nSPS) is 16.0. The largest absolute Gasteiger partial charge is 0.598 e. The Bertz CT molecular complexity index is 1790. The summed E-state index contributed by atoms with van der Waals surface area (Å²) in [7, 11) is 3.07. The second kappa shape index (κ2) is 15.4. The van der Waals surface area contributed by atoms with Crippen LogP contribution in [0, 0.1) is 0 Å². The summed E-state index contributed by atoms with van der Waals surface area (Å²) in [6.07, 6.45) is 4.65. The molecule has 1 saturated heterocycles. The molecule has 1 aliphatic heterocycles. The molecule has 1 amide bonds. The minimum absolute atomic E-state index is 0.0775. The van der Waals surface area contributed by atoms with Crippen LogP contribution in [0.15, 0.2) is 48.8 Å². The van der Waals surface area contributed by atoms with E-state index in [2.05, 4.69) is 25.3 Å². The van der Waals surface area contributed by atoms with Crippen molar-refractivity contribution in [3.8, 4) is 45.4 Å². The van der Waals surface area contributed by atoms with Crippen LogP contribution in [-0.2, 0) is 22.7 Å². The van der Waals surface area contributed by atoms with Crippen molar-refractivity contribution >= 4 is 40.5 Å².